The maximum atomic E-state index is 13.0. The number of piperidine rings is 1. The lowest BCUT2D eigenvalue weighted by molar-refractivity contribution is 0.0485. The summed E-state index contributed by atoms with van der Waals surface area (Å²) in [6.45, 7) is 1.91. The Kier molecular flexibility index (Phi) is 6.01. The summed E-state index contributed by atoms with van der Waals surface area (Å²) in [5.41, 5.74) is 6.03. The van der Waals surface area contributed by atoms with Gasteiger partial charge >= 0.3 is 0 Å². The van der Waals surface area contributed by atoms with Crippen LogP contribution >= 0.6 is 0 Å². The Morgan fingerprint density at radius 3 is 2.74 bits per heavy atom. The van der Waals surface area contributed by atoms with Crippen LogP contribution in [0.4, 0.5) is 0 Å². The molecule has 1 unspecified atom stereocenters. The number of nitrogens with one attached hydrogen (secondary N) is 1. The molecule has 1 fully saturated rings. The summed E-state index contributed by atoms with van der Waals surface area (Å²) < 4.78 is 0. The van der Waals surface area contributed by atoms with Gasteiger partial charge in [-0.05, 0) is 70.5 Å². The number of hydrogen-bond donors (Lipinski definition) is 3. The summed E-state index contributed by atoms with van der Waals surface area (Å²) >= 11 is 0. The normalized spacial score (nSPS) is 18.2. The van der Waals surface area contributed by atoms with Gasteiger partial charge in [-0.3, -0.25) is 10.1 Å². The number of phenolic OH excluding ortho intramolecular Hbond substituents is 1. The summed E-state index contributed by atoms with van der Waals surface area (Å²) in [5, 5.41) is 12.8. The summed E-state index contributed by atoms with van der Waals surface area (Å²) in [6.07, 6.45) is 4.79. The molecular formula is C17H26N4O2. The molecule has 0 aromatic heterocycles. The van der Waals surface area contributed by atoms with Crippen molar-refractivity contribution in [1.29, 1.82) is 0 Å². The molecule has 4 N–H and O–H groups in total. The van der Waals surface area contributed by atoms with E-state index in [0.29, 0.717) is 5.56 Å². The molecule has 1 aromatic carbocycles. The summed E-state index contributed by atoms with van der Waals surface area (Å²) in [7, 11) is 3.90. The largest absolute Gasteiger partial charge is 0.508 e. The minimum Gasteiger partial charge on any atom is -0.508 e. The van der Waals surface area contributed by atoms with E-state index in [1.807, 2.05) is 11.9 Å². The number of nitrogens with zero attached hydrogens (tertiary/aromatic N) is 2. The standard InChI is InChI=1S/C17H26N4O2/c1-19-16(6-9-18)21(14-7-10-20(2)11-8-14)17(23)13-4-3-5-15(22)12-13/h3-6,9,12,14,16,19,22H,7-8,10-11,18H2,1-2H3/b9-6-. The zero-order valence-corrected chi connectivity index (χ0v) is 13.8. The van der Waals surface area contributed by atoms with Crippen molar-refractivity contribution in [2.45, 2.75) is 25.0 Å². The average molecular weight is 318 g/mol. The van der Waals surface area contributed by atoms with Gasteiger partial charge in [0, 0.05) is 11.6 Å². The highest BCUT2D eigenvalue weighted by Crippen LogP contribution is 2.22. The van der Waals surface area contributed by atoms with Gasteiger partial charge in [0.25, 0.3) is 5.91 Å². The van der Waals surface area contributed by atoms with E-state index in [4.69, 9.17) is 5.73 Å². The molecule has 1 amide bonds. The lowest BCUT2D eigenvalue weighted by Crippen LogP contribution is -2.54. The van der Waals surface area contributed by atoms with Crippen LogP contribution in [0.15, 0.2) is 36.5 Å². The molecule has 1 heterocycles. The Hall–Kier alpha value is -2.05. The molecule has 0 spiro atoms. The molecule has 0 saturated carbocycles. The summed E-state index contributed by atoms with van der Waals surface area (Å²) in [6, 6.07) is 6.61. The zero-order chi connectivity index (χ0) is 16.8. The maximum Gasteiger partial charge on any atom is 0.255 e. The van der Waals surface area contributed by atoms with Gasteiger partial charge in [-0.25, -0.2) is 0 Å². The van der Waals surface area contributed by atoms with E-state index in [-0.39, 0.29) is 23.9 Å². The molecule has 1 aromatic rings. The Labute approximate surface area is 137 Å². The Morgan fingerprint density at radius 1 is 1.48 bits per heavy atom. The first-order valence-electron chi connectivity index (χ1n) is 7.92. The van der Waals surface area contributed by atoms with Crippen LogP contribution in [0, 0.1) is 0 Å². The van der Waals surface area contributed by atoms with Crippen LogP contribution in [0.3, 0.4) is 0 Å². The molecule has 23 heavy (non-hydrogen) atoms. The molecule has 126 valence electrons. The number of carbonyl (C=O) groups excluding carboxylic acids is 1. The molecule has 6 heteroatoms. The number of benzene rings is 1. The Balaban J connectivity index is 2.30. The monoisotopic (exact) mass is 318 g/mol. The predicted octanol–water partition coefficient (Wildman–Crippen LogP) is 0.946. The number of nitrogens with two attached hydrogens (primary N) is 1. The van der Waals surface area contributed by atoms with Crippen LogP contribution < -0.4 is 11.1 Å². The Bertz CT molecular complexity index is 553. The fourth-order valence-corrected chi connectivity index (χ4v) is 3.01. The highest BCUT2D eigenvalue weighted by atomic mass is 16.3. The van der Waals surface area contributed by atoms with Crippen molar-refractivity contribution >= 4 is 5.91 Å². The fourth-order valence-electron chi connectivity index (χ4n) is 3.01. The minimum atomic E-state index is -0.275. The first-order valence-corrected chi connectivity index (χ1v) is 7.92. The van der Waals surface area contributed by atoms with Crippen molar-refractivity contribution in [1.82, 2.24) is 15.1 Å². The van der Waals surface area contributed by atoms with Crippen LogP contribution in [0.2, 0.25) is 0 Å². The van der Waals surface area contributed by atoms with Crippen LogP contribution in [-0.2, 0) is 0 Å². The highest BCUT2D eigenvalue weighted by Gasteiger charge is 2.31. The van der Waals surface area contributed by atoms with Crippen LogP contribution in [0.1, 0.15) is 23.2 Å². The number of rotatable bonds is 5. The number of carbonyl (C=O) groups is 1. The molecule has 1 atom stereocenters. The van der Waals surface area contributed by atoms with Gasteiger partial charge in [-0.2, -0.15) is 0 Å². The van der Waals surface area contributed by atoms with Gasteiger partial charge in [0.2, 0.25) is 0 Å². The van der Waals surface area contributed by atoms with Gasteiger partial charge in [0.15, 0.2) is 0 Å². The number of hydrogen-bond acceptors (Lipinski definition) is 5. The second-order valence-corrected chi connectivity index (χ2v) is 5.92. The van der Waals surface area contributed by atoms with Crippen LogP contribution in [-0.4, -0.2) is 60.2 Å². The molecule has 1 aliphatic heterocycles. The van der Waals surface area contributed by atoms with Crippen molar-refractivity contribution in [3.63, 3.8) is 0 Å². The molecule has 1 saturated heterocycles. The molecular weight excluding hydrogens is 292 g/mol. The van der Waals surface area contributed by atoms with Gasteiger partial charge in [0.1, 0.15) is 11.9 Å². The lowest BCUT2D eigenvalue weighted by Gasteiger charge is -2.40. The number of amides is 1. The van der Waals surface area contributed by atoms with Gasteiger partial charge in [-0.15, -0.1) is 0 Å². The van der Waals surface area contributed by atoms with Crippen LogP contribution in [0.25, 0.3) is 0 Å². The quantitative estimate of drug-likeness (QED) is 0.704. The van der Waals surface area contributed by atoms with Gasteiger partial charge in [0.05, 0.1) is 0 Å². The first kappa shape index (κ1) is 17.3. The molecule has 1 aliphatic rings. The molecule has 0 bridgehead atoms. The second-order valence-electron chi connectivity index (χ2n) is 5.92. The second kappa shape index (κ2) is 7.99. The highest BCUT2D eigenvalue weighted by molar-refractivity contribution is 5.95. The molecule has 0 aliphatic carbocycles. The average Bonchev–Trinajstić information content (AvgIpc) is 2.55. The first-order chi connectivity index (χ1) is 11.1. The van der Waals surface area contributed by atoms with E-state index in [2.05, 4.69) is 17.3 Å². The van der Waals surface area contributed by atoms with E-state index in [9.17, 15) is 9.90 Å². The van der Waals surface area contributed by atoms with Crippen molar-refractivity contribution in [3.05, 3.63) is 42.1 Å². The summed E-state index contributed by atoms with van der Waals surface area (Å²) in [5.74, 6) is -0.0116. The smallest absolute Gasteiger partial charge is 0.255 e. The molecule has 6 nitrogen and oxygen atoms in total. The van der Waals surface area contributed by atoms with E-state index in [0.717, 1.165) is 25.9 Å². The van der Waals surface area contributed by atoms with Crippen LogP contribution in [0.5, 0.6) is 5.75 Å². The summed E-state index contributed by atoms with van der Waals surface area (Å²) in [4.78, 5) is 17.1. The SMILES string of the molecule is CNC(/C=C\N)N(C(=O)c1cccc(O)c1)C1CCN(C)CC1. The predicted molar refractivity (Wildman–Crippen MR) is 91.0 cm³/mol. The third kappa shape index (κ3) is 4.24. The number of phenols is 1. The Morgan fingerprint density at radius 2 is 2.17 bits per heavy atom. The number of aromatic hydroxyl groups is 1. The van der Waals surface area contributed by atoms with E-state index < -0.39 is 0 Å². The third-order valence-electron chi connectivity index (χ3n) is 4.30. The molecule has 0 radical (unpaired) electrons. The minimum absolute atomic E-state index is 0.0922. The van der Waals surface area contributed by atoms with Crippen molar-refractivity contribution in [2.75, 3.05) is 27.2 Å². The van der Waals surface area contributed by atoms with Gasteiger partial charge < -0.3 is 20.6 Å². The maximum absolute atomic E-state index is 13.0. The van der Waals surface area contributed by atoms with E-state index >= 15 is 0 Å². The van der Waals surface area contributed by atoms with Crippen molar-refractivity contribution < 1.29 is 9.90 Å². The topological polar surface area (TPSA) is 81.8 Å². The van der Waals surface area contributed by atoms with E-state index in [1.54, 1.807) is 24.3 Å². The van der Waals surface area contributed by atoms with Crippen molar-refractivity contribution in [2.24, 2.45) is 5.73 Å². The molecule has 2 rings (SSSR count). The number of likely N-dealkylation sites (N-methyl/N-ethyl adjacent to an activating group) is 1. The van der Waals surface area contributed by atoms with E-state index in [1.165, 1.54) is 12.3 Å². The lowest BCUT2D eigenvalue weighted by atomic mass is 10.0. The number of likely N-dealkylation sites (tertiary alicyclic amines) is 1. The fraction of sp³-hybridized carbons (Fsp3) is 0.471. The third-order valence-corrected chi connectivity index (χ3v) is 4.30. The van der Waals surface area contributed by atoms with Gasteiger partial charge in [-0.1, -0.05) is 6.07 Å². The van der Waals surface area contributed by atoms with Crippen molar-refractivity contribution in [3.8, 4) is 5.75 Å². The zero-order valence-electron chi connectivity index (χ0n) is 13.8.